The summed E-state index contributed by atoms with van der Waals surface area (Å²) in [6.45, 7) is 6.18. The van der Waals surface area contributed by atoms with Gasteiger partial charge in [-0.25, -0.2) is 9.59 Å². The van der Waals surface area contributed by atoms with Crippen molar-refractivity contribution in [3.05, 3.63) is 35.9 Å². The van der Waals surface area contributed by atoms with Crippen LogP contribution in [0.4, 0.5) is 4.79 Å². The van der Waals surface area contributed by atoms with Crippen LogP contribution in [0.1, 0.15) is 45.6 Å². The van der Waals surface area contributed by atoms with Crippen molar-refractivity contribution in [1.29, 1.82) is 0 Å². The molecule has 24 heavy (non-hydrogen) atoms. The molecule has 0 unspecified atom stereocenters. The molecule has 2 N–H and O–H groups in total. The highest BCUT2D eigenvalue weighted by Gasteiger charge is 2.51. The minimum Gasteiger partial charge on any atom is -0.479 e. The van der Waals surface area contributed by atoms with E-state index in [-0.39, 0.29) is 24.4 Å². The van der Waals surface area contributed by atoms with E-state index in [1.54, 1.807) is 0 Å². The van der Waals surface area contributed by atoms with Crippen LogP contribution in [-0.4, -0.2) is 22.7 Å². The lowest BCUT2D eigenvalue weighted by Gasteiger charge is -2.45. The van der Waals surface area contributed by atoms with Crippen molar-refractivity contribution in [1.82, 2.24) is 5.32 Å². The topological polar surface area (TPSA) is 75.6 Å². The fraction of sp³-hybridized carbons (Fsp3) is 0.579. The monoisotopic (exact) mass is 333 g/mol. The van der Waals surface area contributed by atoms with E-state index in [1.165, 1.54) is 0 Å². The standard InChI is InChI=1S/C19H27NO4/c1-13(2)16-10-9-14(3)11-19(16,17(21)22)20-18(23)24-12-15-7-5-4-6-8-15/h4-8,13-14,16H,9-12H2,1-3H3,(H,20,23)(H,21,22)/t14-,16-,19+/m1/s1. The summed E-state index contributed by atoms with van der Waals surface area (Å²) < 4.78 is 5.26. The van der Waals surface area contributed by atoms with Gasteiger partial charge in [0, 0.05) is 0 Å². The zero-order valence-corrected chi connectivity index (χ0v) is 14.6. The molecule has 1 amide bonds. The molecule has 0 spiro atoms. The first-order valence-electron chi connectivity index (χ1n) is 8.57. The molecule has 1 aliphatic carbocycles. The molecule has 0 saturated heterocycles. The molecule has 0 aliphatic heterocycles. The van der Waals surface area contributed by atoms with Crippen LogP contribution < -0.4 is 5.32 Å². The van der Waals surface area contributed by atoms with Gasteiger partial charge in [-0.1, -0.05) is 57.5 Å². The van der Waals surface area contributed by atoms with Crippen LogP contribution >= 0.6 is 0 Å². The second kappa shape index (κ2) is 7.69. The Morgan fingerprint density at radius 1 is 1.29 bits per heavy atom. The van der Waals surface area contributed by atoms with Gasteiger partial charge in [0.15, 0.2) is 0 Å². The molecule has 0 bridgehead atoms. The van der Waals surface area contributed by atoms with Crippen LogP contribution in [0.25, 0.3) is 0 Å². The van der Waals surface area contributed by atoms with Gasteiger partial charge in [-0.2, -0.15) is 0 Å². The van der Waals surface area contributed by atoms with E-state index < -0.39 is 17.6 Å². The first-order valence-corrected chi connectivity index (χ1v) is 8.57. The number of amides is 1. The largest absolute Gasteiger partial charge is 0.479 e. The molecule has 3 atom stereocenters. The SMILES string of the molecule is CC(C)[C@H]1CC[C@@H](C)C[C@@]1(NC(=O)OCc1ccccc1)C(=O)O. The first-order chi connectivity index (χ1) is 11.3. The Morgan fingerprint density at radius 2 is 1.96 bits per heavy atom. The summed E-state index contributed by atoms with van der Waals surface area (Å²) in [7, 11) is 0. The molecule has 1 aromatic carbocycles. The number of hydrogen-bond acceptors (Lipinski definition) is 3. The molecule has 5 heteroatoms. The number of alkyl carbamates (subject to hydrolysis) is 1. The Kier molecular flexibility index (Phi) is 5.86. The van der Waals surface area contributed by atoms with Gasteiger partial charge in [0.25, 0.3) is 0 Å². The second-order valence-electron chi connectivity index (χ2n) is 7.20. The fourth-order valence-corrected chi connectivity index (χ4v) is 3.80. The zero-order valence-electron chi connectivity index (χ0n) is 14.6. The number of rotatable bonds is 5. The van der Waals surface area contributed by atoms with Crippen molar-refractivity contribution in [3.63, 3.8) is 0 Å². The van der Waals surface area contributed by atoms with Crippen molar-refractivity contribution >= 4 is 12.1 Å². The van der Waals surface area contributed by atoms with Gasteiger partial charge in [-0.05, 0) is 36.2 Å². The average Bonchev–Trinajstić information content (AvgIpc) is 2.53. The Balaban J connectivity index is 2.10. The third kappa shape index (κ3) is 4.08. The molecule has 1 saturated carbocycles. The van der Waals surface area contributed by atoms with Crippen LogP contribution in [-0.2, 0) is 16.1 Å². The molecule has 0 radical (unpaired) electrons. The molecule has 1 aliphatic rings. The Bertz CT molecular complexity index is 572. The van der Waals surface area contributed by atoms with Crippen molar-refractivity contribution in [2.75, 3.05) is 0 Å². The van der Waals surface area contributed by atoms with Crippen molar-refractivity contribution < 1.29 is 19.4 Å². The number of carboxylic acids is 1. The Labute approximate surface area is 143 Å². The lowest BCUT2D eigenvalue weighted by atomic mass is 9.65. The smallest absolute Gasteiger partial charge is 0.408 e. The molecule has 0 aromatic heterocycles. The average molecular weight is 333 g/mol. The van der Waals surface area contributed by atoms with Gasteiger partial charge < -0.3 is 15.2 Å². The number of carbonyl (C=O) groups excluding carboxylic acids is 1. The van der Waals surface area contributed by atoms with E-state index in [2.05, 4.69) is 5.32 Å². The van der Waals surface area contributed by atoms with E-state index in [9.17, 15) is 14.7 Å². The van der Waals surface area contributed by atoms with Gasteiger partial charge >= 0.3 is 12.1 Å². The summed E-state index contributed by atoms with van der Waals surface area (Å²) in [4.78, 5) is 24.3. The van der Waals surface area contributed by atoms with E-state index in [1.807, 2.05) is 51.1 Å². The van der Waals surface area contributed by atoms with Gasteiger partial charge in [-0.3, -0.25) is 0 Å². The van der Waals surface area contributed by atoms with Crippen molar-refractivity contribution in [3.8, 4) is 0 Å². The number of carboxylic acid groups (broad SMARTS) is 1. The number of carbonyl (C=O) groups is 2. The highest BCUT2D eigenvalue weighted by Crippen LogP contribution is 2.41. The normalized spacial score (nSPS) is 26.8. The number of aliphatic carboxylic acids is 1. The summed E-state index contributed by atoms with van der Waals surface area (Å²) in [5.74, 6) is -0.645. The molecule has 2 rings (SSSR count). The number of ether oxygens (including phenoxy) is 1. The van der Waals surface area contributed by atoms with Crippen molar-refractivity contribution in [2.45, 2.75) is 52.2 Å². The predicted molar refractivity (Wildman–Crippen MR) is 91.5 cm³/mol. The van der Waals surface area contributed by atoms with E-state index >= 15 is 0 Å². The minimum atomic E-state index is -1.25. The van der Waals surface area contributed by atoms with Crippen molar-refractivity contribution in [2.24, 2.45) is 17.8 Å². The van der Waals surface area contributed by atoms with E-state index in [0.29, 0.717) is 6.42 Å². The van der Waals surface area contributed by atoms with E-state index in [4.69, 9.17) is 4.74 Å². The third-order valence-electron chi connectivity index (χ3n) is 5.00. The summed E-state index contributed by atoms with van der Waals surface area (Å²) in [5, 5.41) is 12.6. The third-order valence-corrected chi connectivity index (χ3v) is 5.00. The highest BCUT2D eigenvalue weighted by molar-refractivity contribution is 5.85. The second-order valence-corrected chi connectivity index (χ2v) is 7.20. The number of hydrogen-bond donors (Lipinski definition) is 2. The fourth-order valence-electron chi connectivity index (χ4n) is 3.80. The lowest BCUT2D eigenvalue weighted by Crippen LogP contribution is -2.63. The van der Waals surface area contributed by atoms with Gasteiger partial charge in [0.1, 0.15) is 12.1 Å². The lowest BCUT2D eigenvalue weighted by molar-refractivity contribution is -0.151. The van der Waals surface area contributed by atoms with Crippen LogP contribution in [0, 0.1) is 17.8 Å². The summed E-state index contributed by atoms with van der Waals surface area (Å²) in [6, 6.07) is 9.35. The molecule has 0 heterocycles. The van der Waals surface area contributed by atoms with Crippen LogP contribution in [0.15, 0.2) is 30.3 Å². The summed E-state index contributed by atoms with van der Waals surface area (Å²) in [5.41, 5.74) is -0.381. The van der Waals surface area contributed by atoms with E-state index in [0.717, 1.165) is 18.4 Å². The van der Waals surface area contributed by atoms with Crippen LogP contribution in [0.2, 0.25) is 0 Å². The van der Waals surface area contributed by atoms with Gasteiger partial charge in [0.05, 0.1) is 0 Å². The maximum absolute atomic E-state index is 12.3. The van der Waals surface area contributed by atoms with Crippen LogP contribution in [0.3, 0.4) is 0 Å². The highest BCUT2D eigenvalue weighted by atomic mass is 16.5. The maximum atomic E-state index is 12.3. The summed E-state index contributed by atoms with van der Waals surface area (Å²) >= 11 is 0. The molecular formula is C19H27NO4. The Morgan fingerprint density at radius 3 is 2.54 bits per heavy atom. The zero-order chi connectivity index (χ0) is 17.7. The van der Waals surface area contributed by atoms with Gasteiger partial charge in [-0.15, -0.1) is 0 Å². The molecular weight excluding hydrogens is 306 g/mol. The Hall–Kier alpha value is -2.04. The van der Waals surface area contributed by atoms with Crippen LogP contribution in [0.5, 0.6) is 0 Å². The number of nitrogens with one attached hydrogen (secondary N) is 1. The molecule has 132 valence electrons. The quantitative estimate of drug-likeness (QED) is 0.858. The molecule has 1 fully saturated rings. The number of benzene rings is 1. The first kappa shape index (κ1) is 18.3. The minimum absolute atomic E-state index is 0.101. The predicted octanol–water partition coefficient (Wildman–Crippen LogP) is 3.83. The maximum Gasteiger partial charge on any atom is 0.408 e. The summed E-state index contributed by atoms with van der Waals surface area (Å²) in [6.07, 6.45) is 1.55. The van der Waals surface area contributed by atoms with Gasteiger partial charge in [0.2, 0.25) is 0 Å². The molecule has 1 aromatic rings. The molecule has 5 nitrogen and oxygen atoms in total.